The molecule has 2 atom stereocenters. The second kappa shape index (κ2) is 5.08. The molecule has 2 fully saturated rings. The summed E-state index contributed by atoms with van der Waals surface area (Å²) in [4.78, 5) is 0.602. The minimum absolute atomic E-state index is 0.00536. The smallest absolute Gasteiger partial charge is 0.0806 e. The number of hydrogen-bond donors (Lipinski definition) is 1. The maximum atomic E-state index is 12.8. The summed E-state index contributed by atoms with van der Waals surface area (Å²) in [5, 5.41) is 0.615. The third-order valence-electron chi connectivity index (χ3n) is 4.21. The van der Waals surface area contributed by atoms with E-state index in [4.69, 9.17) is 22.1 Å². The molecule has 0 aromatic heterocycles. The Balaban J connectivity index is 1.83. The van der Waals surface area contributed by atoms with Crippen LogP contribution in [-0.2, 0) is 15.5 Å². The predicted octanol–water partition coefficient (Wildman–Crippen LogP) is 3.13. The van der Waals surface area contributed by atoms with Crippen molar-refractivity contribution in [3.8, 4) is 0 Å². The van der Waals surface area contributed by atoms with E-state index in [0.717, 1.165) is 25.7 Å². The first-order valence-corrected chi connectivity index (χ1v) is 8.29. The molecule has 2 aliphatic rings. The summed E-state index contributed by atoms with van der Waals surface area (Å²) in [6, 6.07) is 5.30. The van der Waals surface area contributed by atoms with Crippen molar-refractivity contribution in [3.05, 3.63) is 23.2 Å². The number of benzene rings is 1. The van der Waals surface area contributed by atoms with E-state index in [2.05, 4.69) is 0 Å². The van der Waals surface area contributed by atoms with Crippen molar-refractivity contribution < 1.29 is 8.95 Å². The Morgan fingerprint density at radius 1 is 1.42 bits per heavy atom. The molecule has 104 valence electrons. The molecule has 2 unspecified atom stereocenters. The normalized spacial score (nSPS) is 26.9. The zero-order valence-electron chi connectivity index (χ0n) is 10.7. The number of ether oxygens (including phenoxy) is 1. The Kier molecular flexibility index (Phi) is 3.58. The molecule has 2 N–H and O–H groups in total. The highest BCUT2D eigenvalue weighted by Gasteiger charge is 2.44. The molecule has 3 rings (SSSR count). The maximum absolute atomic E-state index is 12.8. The lowest BCUT2D eigenvalue weighted by Gasteiger charge is -2.46. The summed E-state index contributed by atoms with van der Waals surface area (Å²) in [5.74, 6) is 0. The SMILES string of the molecule is Nc1cccc(Cl)c1S(=O)C1CCOC2(CCC2)C1. The van der Waals surface area contributed by atoms with Gasteiger partial charge in [-0.3, -0.25) is 4.21 Å². The second-order valence-corrected chi connectivity index (χ2v) is 7.53. The lowest BCUT2D eigenvalue weighted by atomic mass is 9.75. The van der Waals surface area contributed by atoms with Gasteiger partial charge >= 0.3 is 0 Å². The zero-order chi connectivity index (χ0) is 13.5. The van der Waals surface area contributed by atoms with Gasteiger partial charge < -0.3 is 10.5 Å². The van der Waals surface area contributed by atoms with Crippen LogP contribution in [0.4, 0.5) is 5.69 Å². The van der Waals surface area contributed by atoms with Gasteiger partial charge in [0.15, 0.2) is 0 Å². The molecule has 3 nitrogen and oxygen atoms in total. The van der Waals surface area contributed by atoms with Crippen LogP contribution in [-0.4, -0.2) is 21.7 Å². The van der Waals surface area contributed by atoms with Gasteiger partial charge in [-0.15, -0.1) is 0 Å². The Morgan fingerprint density at radius 2 is 2.21 bits per heavy atom. The van der Waals surface area contributed by atoms with Crippen molar-refractivity contribution in [3.63, 3.8) is 0 Å². The van der Waals surface area contributed by atoms with E-state index in [1.54, 1.807) is 18.2 Å². The molecule has 1 spiro atoms. The fraction of sp³-hybridized carbons (Fsp3) is 0.571. The molecular weight excluding hydrogens is 282 g/mol. The third kappa shape index (κ3) is 2.41. The number of anilines is 1. The minimum Gasteiger partial charge on any atom is -0.398 e. The van der Waals surface area contributed by atoms with Crippen LogP contribution in [0.3, 0.4) is 0 Å². The van der Waals surface area contributed by atoms with Gasteiger partial charge in [-0.2, -0.15) is 0 Å². The highest BCUT2D eigenvalue weighted by molar-refractivity contribution is 7.86. The van der Waals surface area contributed by atoms with Crippen LogP contribution in [0, 0.1) is 0 Å². The van der Waals surface area contributed by atoms with E-state index in [9.17, 15) is 4.21 Å². The molecule has 1 heterocycles. The van der Waals surface area contributed by atoms with Crippen LogP contribution in [0.25, 0.3) is 0 Å². The predicted molar refractivity (Wildman–Crippen MR) is 77.8 cm³/mol. The Hall–Kier alpha value is -0.580. The van der Waals surface area contributed by atoms with Crippen molar-refractivity contribution in [2.24, 2.45) is 0 Å². The fourth-order valence-corrected chi connectivity index (χ4v) is 5.06. The van der Waals surface area contributed by atoms with Gasteiger partial charge in [0.2, 0.25) is 0 Å². The summed E-state index contributed by atoms with van der Waals surface area (Å²) in [7, 11) is -1.14. The molecule has 0 amide bonds. The number of halogens is 1. The summed E-state index contributed by atoms with van der Waals surface area (Å²) >= 11 is 6.16. The van der Waals surface area contributed by atoms with Crippen molar-refractivity contribution in [2.45, 2.75) is 47.9 Å². The average molecular weight is 300 g/mol. The average Bonchev–Trinajstić information content (AvgIpc) is 2.37. The number of hydrogen-bond acceptors (Lipinski definition) is 3. The van der Waals surface area contributed by atoms with Gasteiger partial charge in [0.1, 0.15) is 0 Å². The second-order valence-electron chi connectivity index (χ2n) is 5.46. The fourth-order valence-electron chi connectivity index (χ4n) is 2.99. The van der Waals surface area contributed by atoms with E-state index >= 15 is 0 Å². The van der Waals surface area contributed by atoms with Crippen molar-refractivity contribution in [2.75, 3.05) is 12.3 Å². The van der Waals surface area contributed by atoms with Crippen LogP contribution < -0.4 is 5.73 Å². The van der Waals surface area contributed by atoms with Crippen LogP contribution >= 0.6 is 11.6 Å². The minimum atomic E-state index is -1.14. The molecule has 1 aromatic rings. The summed E-state index contributed by atoms with van der Waals surface area (Å²) in [5.41, 5.74) is 6.46. The first kappa shape index (κ1) is 13.4. The van der Waals surface area contributed by atoms with Crippen molar-refractivity contribution in [1.82, 2.24) is 0 Å². The van der Waals surface area contributed by atoms with Crippen LogP contribution in [0.15, 0.2) is 23.1 Å². The highest BCUT2D eigenvalue weighted by atomic mass is 35.5. The molecular formula is C14H18ClNO2S. The summed E-state index contributed by atoms with van der Waals surface area (Å²) in [6.07, 6.45) is 5.09. The van der Waals surface area contributed by atoms with Gasteiger partial charge in [-0.1, -0.05) is 17.7 Å². The van der Waals surface area contributed by atoms with E-state index < -0.39 is 10.8 Å². The van der Waals surface area contributed by atoms with Gasteiger partial charge in [-0.25, -0.2) is 0 Å². The highest BCUT2D eigenvalue weighted by Crippen LogP contribution is 2.44. The maximum Gasteiger partial charge on any atom is 0.0806 e. The molecule has 0 radical (unpaired) electrons. The lowest BCUT2D eigenvalue weighted by molar-refractivity contribution is -0.125. The number of nitrogen functional groups attached to an aromatic ring is 1. The molecule has 1 saturated carbocycles. The molecule has 1 saturated heterocycles. The summed E-state index contributed by atoms with van der Waals surface area (Å²) < 4.78 is 18.6. The van der Waals surface area contributed by atoms with Gasteiger partial charge in [0, 0.05) is 17.5 Å². The van der Waals surface area contributed by atoms with E-state index in [1.807, 2.05) is 0 Å². The van der Waals surface area contributed by atoms with Gasteiger partial charge in [-0.05, 0) is 44.2 Å². The van der Waals surface area contributed by atoms with E-state index in [-0.39, 0.29) is 10.9 Å². The monoisotopic (exact) mass is 299 g/mol. The van der Waals surface area contributed by atoms with E-state index in [0.29, 0.717) is 22.2 Å². The molecule has 1 aromatic carbocycles. The van der Waals surface area contributed by atoms with Crippen LogP contribution in [0.2, 0.25) is 5.02 Å². The van der Waals surface area contributed by atoms with Gasteiger partial charge in [0.25, 0.3) is 0 Å². The molecule has 5 heteroatoms. The first-order valence-electron chi connectivity index (χ1n) is 6.70. The molecule has 1 aliphatic heterocycles. The first-order chi connectivity index (χ1) is 9.11. The van der Waals surface area contributed by atoms with Crippen LogP contribution in [0.1, 0.15) is 32.1 Å². The van der Waals surface area contributed by atoms with Crippen molar-refractivity contribution >= 4 is 28.1 Å². The Morgan fingerprint density at radius 3 is 2.84 bits per heavy atom. The largest absolute Gasteiger partial charge is 0.398 e. The molecule has 19 heavy (non-hydrogen) atoms. The van der Waals surface area contributed by atoms with Crippen LogP contribution in [0.5, 0.6) is 0 Å². The molecule has 1 aliphatic carbocycles. The quantitative estimate of drug-likeness (QED) is 0.854. The topological polar surface area (TPSA) is 52.3 Å². The Labute approximate surface area is 120 Å². The number of rotatable bonds is 2. The molecule has 0 bridgehead atoms. The number of nitrogens with two attached hydrogens (primary N) is 1. The van der Waals surface area contributed by atoms with Crippen molar-refractivity contribution in [1.29, 1.82) is 0 Å². The lowest BCUT2D eigenvalue weighted by Crippen LogP contribution is -2.48. The Bertz CT molecular complexity index is 496. The van der Waals surface area contributed by atoms with E-state index in [1.165, 1.54) is 6.42 Å². The zero-order valence-corrected chi connectivity index (χ0v) is 12.3. The van der Waals surface area contributed by atoms with Gasteiger partial charge in [0.05, 0.1) is 26.3 Å². The third-order valence-corrected chi connectivity index (χ3v) is 6.51. The summed E-state index contributed by atoms with van der Waals surface area (Å²) in [6.45, 7) is 0.695. The standard InChI is InChI=1S/C14H18ClNO2S/c15-11-3-1-4-12(16)13(11)19(17)10-5-8-18-14(9-10)6-2-7-14/h1,3-4,10H,2,5-9,16H2.